The van der Waals surface area contributed by atoms with E-state index in [1.165, 1.54) is 19.3 Å². The molecule has 122 valence electrons. The Kier molecular flexibility index (Phi) is 5.15. The Morgan fingerprint density at radius 1 is 1.24 bits per heavy atom. The Balaban J connectivity index is 1.95. The number of hydrogen-bond donors (Lipinski definition) is 2. The van der Waals surface area contributed by atoms with E-state index in [1.807, 2.05) is 20.8 Å². The molecule has 0 bridgehead atoms. The van der Waals surface area contributed by atoms with Gasteiger partial charge in [-0.3, -0.25) is 4.90 Å². The topological polar surface area (TPSA) is 61.8 Å². The van der Waals surface area contributed by atoms with Gasteiger partial charge >= 0.3 is 6.09 Å². The SMILES string of the molecule is CN(C1CCC1)C1CC(O)CCC1NC(=O)OC(C)(C)C. The summed E-state index contributed by atoms with van der Waals surface area (Å²) in [6.45, 7) is 5.61. The van der Waals surface area contributed by atoms with Crippen LogP contribution in [0.3, 0.4) is 0 Å². The third-order valence-corrected chi connectivity index (χ3v) is 4.66. The van der Waals surface area contributed by atoms with Crippen molar-refractivity contribution < 1.29 is 14.6 Å². The van der Waals surface area contributed by atoms with E-state index < -0.39 is 5.60 Å². The third-order valence-electron chi connectivity index (χ3n) is 4.66. The molecular formula is C16H30N2O3. The van der Waals surface area contributed by atoms with Crippen molar-refractivity contribution in [1.29, 1.82) is 0 Å². The van der Waals surface area contributed by atoms with Crippen LogP contribution in [0, 0.1) is 0 Å². The minimum atomic E-state index is -0.479. The van der Waals surface area contributed by atoms with Gasteiger partial charge in [0.15, 0.2) is 0 Å². The van der Waals surface area contributed by atoms with Crippen molar-refractivity contribution in [1.82, 2.24) is 10.2 Å². The van der Waals surface area contributed by atoms with Gasteiger partial charge in [0.1, 0.15) is 5.60 Å². The van der Waals surface area contributed by atoms with Gasteiger partial charge in [0.05, 0.1) is 6.10 Å². The molecule has 0 aromatic heterocycles. The number of hydrogen-bond acceptors (Lipinski definition) is 4. The molecule has 0 aromatic carbocycles. The molecule has 0 aliphatic heterocycles. The first kappa shape index (κ1) is 16.6. The minimum Gasteiger partial charge on any atom is -0.444 e. The molecule has 2 fully saturated rings. The van der Waals surface area contributed by atoms with Crippen molar-refractivity contribution in [3.8, 4) is 0 Å². The minimum absolute atomic E-state index is 0.0637. The third kappa shape index (κ3) is 4.58. The summed E-state index contributed by atoms with van der Waals surface area (Å²) in [4.78, 5) is 14.4. The molecule has 0 saturated heterocycles. The fraction of sp³-hybridized carbons (Fsp3) is 0.938. The van der Waals surface area contributed by atoms with Crippen LogP contribution in [0.5, 0.6) is 0 Å². The van der Waals surface area contributed by atoms with Gasteiger partial charge in [0.2, 0.25) is 0 Å². The Hall–Kier alpha value is -0.810. The number of ether oxygens (including phenoxy) is 1. The summed E-state index contributed by atoms with van der Waals surface area (Å²) in [5.41, 5.74) is -0.479. The number of rotatable bonds is 3. The molecule has 21 heavy (non-hydrogen) atoms. The molecule has 2 aliphatic rings. The summed E-state index contributed by atoms with van der Waals surface area (Å²) in [7, 11) is 2.12. The first-order valence-electron chi connectivity index (χ1n) is 8.16. The average molecular weight is 298 g/mol. The van der Waals surface area contributed by atoms with Gasteiger partial charge in [-0.1, -0.05) is 6.42 Å². The lowest BCUT2D eigenvalue weighted by molar-refractivity contribution is 0.00730. The number of carbonyl (C=O) groups is 1. The van der Waals surface area contributed by atoms with Crippen LogP contribution in [-0.4, -0.2) is 53.0 Å². The maximum atomic E-state index is 12.0. The molecule has 3 unspecified atom stereocenters. The first-order chi connectivity index (χ1) is 9.76. The zero-order valence-electron chi connectivity index (χ0n) is 13.8. The number of carbonyl (C=O) groups excluding carboxylic acids is 1. The summed E-state index contributed by atoms with van der Waals surface area (Å²) in [6, 6.07) is 0.864. The Labute approximate surface area is 128 Å². The van der Waals surface area contributed by atoms with E-state index in [2.05, 4.69) is 17.3 Å². The summed E-state index contributed by atoms with van der Waals surface area (Å²) in [5.74, 6) is 0. The highest BCUT2D eigenvalue weighted by Crippen LogP contribution is 2.31. The van der Waals surface area contributed by atoms with E-state index in [4.69, 9.17) is 4.74 Å². The van der Waals surface area contributed by atoms with Crippen molar-refractivity contribution in [2.45, 2.75) is 89.1 Å². The van der Waals surface area contributed by atoms with Crippen molar-refractivity contribution >= 4 is 6.09 Å². The maximum absolute atomic E-state index is 12.0. The molecule has 2 saturated carbocycles. The fourth-order valence-corrected chi connectivity index (χ4v) is 3.27. The Bertz CT molecular complexity index is 363. The molecule has 0 spiro atoms. The van der Waals surface area contributed by atoms with Gasteiger partial charge in [-0.2, -0.15) is 0 Å². The van der Waals surface area contributed by atoms with Crippen LogP contribution in [0.15, 0.2) is 0 Å². The van der Waals surface area contributed by atoms with Crippen LogP contribution in [-0.2, 0) is 4.74 Å². The standard InChI is InChI=1S/C16H30N2O3/c1-16(2,3)21-15(20)17-13-9-8-12(19)10-14(13)18(4)11-6-5-7-11/h11-14,19H,5-10H2,1-4H3,(H,17,20). The fourth-order valence-electron chi connectivity index (χ4n) is 3.27. The van der Waals surface area contributed by atoms with Crippen molar-refractivity contribution in [2.24, 2.45) is 0 Å². The van der Waals surface area contributed by atoms with Gasteiger partial charge in [-0.05, 0) is 59.9 Å². The molecular weight excluding hydrogens is 268 g/mol. The number of amides is 1. The molecule has 3 atom stereocenters. The molecule has 5 heteroatoms. The van der Waals surface area contributed by atoms with Crippen LogP contribution in [0.1, 0.15) is 59.3 Å². The predicted molar refractivity (Wildman–Crippen MR) is 82.2 cm³/mol. The van der Waals surface area contributed by atoms with Crippen LogP contribution < -0.4 is 5.32 Å². The van der Waals surface area contributed by atoms with Crippen molar-refractivity contribution in [3.05, 3.63) is 0 Å². The Morgan fingerprint density at radius 3 is 2.43 bits per heavy atom. The second-order valence-corrected chi connectivity index (χ2v) is 7.54. The number of nitrogens with zero attached hydrogens (tertiary/aromatic N) is 1. The number of aliphatic hydroxyl groups is 1. The summed E-state index contributed by atoms with van der Waals surface area (Å²) in [5, 5.41) is 13.0. The maximum Gasteiger partial charge on any atom is 0.407 e. The quantitative estimate of drug-likeness (QED) is 0.839. The van der Waals surface area contributed by atoms with E-state index in [9.17, 15) is 9.90 Å². The number of aliphatic hydroxyl groups excluding tert-OH is 1. The lowest BCUT2D eigenvalue weighted by atomic mass is 9.83. The van der Waals surface area contributed by atoms with Gasteiger partial charge in [0, 0.05) is 18.1 Å². The molecule has 1 amide bonds. The number of likely N-dealkylation sites (N-methyl/N-ethyl adjacent to an activating group) is 1. The number of nitrogens with one attached hydrogen (secondary N) is 1. The van der Waals surface area contributed by atoms with Crippen molar-refractivity contribution in [2.75, 3.05) is 7.05 Å². The summed E-state index contributed by atoms with van der Waals surface area (Å²) >= 11 is 0. The lowest BCUT2D eigenvalue weighted by Crippen LogP contribution is -2.58. The van der Waals surface area contributed by atoms with E-state index >= 15 is 0 Å². The Morgan fingerprint density at radius 2 is 1.90 bits per heavy atom. The van der Waals surface area contributed by atoms with Crippen molar-refractivity contribution in [3.63, 3.8) is 0 Å². The second kappa shape index (κ2) is 6.53. The highest BCUT2D eigenvalue weighted by molar-refractivity contribution is 5.68. The van der Waals surface area contributed by atoms with Gasteiger partial charge in [0.25, 0.3) is 0 Å². The summed E-state index contributed by atoms with van der Waals surface area (Å²) < 4.78 is 5.37. The normalized spacial score (nSPS) is 30.9. The van der Waals surface area contributed by atoms with E-state index in [0.29, 0.717) is 6.04 Å². The van der Waals surface area contributed by atoms with Gasteiger partial charge in [-0.25, -0.2) is 4.79 Å². The molecule has 0 aromatic rings. The molecule has 2 rings (SSSR count). The monoisotopic (exact) mass is 298 g/mol. The second-order valence-electron chi connectivity index (χ2n) is 7.54. The van der Waals surface area contributed by atoms with Crippen LogP contribution in [0.4, 0.5) is 4.79 Å². The first-order valence-corrected chi connectivity index (χ1v) is 8.16. The largest absolute Gasteiger partial charge is 0.444 e. The van der Waals surface area contributed by atoms with Crippen LogP contribution in [0.25, 0.3) is 0 Å². The highest BCUT2D eigenvalue weighted by atomic mass is 16.6. The van der Waals surface area contributed by atoms with E-state index in [0.717, 1.165) is 19.3 Å². The van der Waals surface area contributed by atoms with Gasteiger partial charge in [-0.15, -0.1) is 0 Å². The smallest absolute Gasteiger partial charge is 0.407 e. The lowest BCUT2D eigenvalue weighted by Gasteiger charge is -2.46. The molecule has 2 aliphatic carbocycles. The molecule has 5 nitrogen and oxygen atoms in total. The molecule has 2 N–H and O–H groups in total. The van der Waals surface area contributed by atoms with E-state index in [-0.39, 0.29) is 24.3 Å². The zero-order chi connectivity index (χ0) is 15.6. The van der Waals surface area contributed by atoms with E-state index in [1.54, 1.807) is 0 Å². The summed E-state index contributed by atoms with van der Waals surface area (Å²) in [6.07, 6.45) is 5.41. The zero-order valence-corrected chi connectivity index (χ0v) is 13.8. The van der Waals surface area contributed by atoms with Gasteiger partial charge < -0.3 is 15.2 Å². The molecule has 0 heterocycles. The van der Waals surface area contributed by atoms with Crippen LogP contribution in [0.2, 0.25) is 0 Å². The van der Waals surface area contributed by atoms with Crippen LogP contribution >= 0.6 is 0 Å². The highest BCUT2D eigenvalue weighted by Gasteiger charge is 2.37. The molecule has 0 radical (unpaired) electrons. The predicted octanol–water partition coefficient (Wildman–Crippen LogP) is 2.28. The number of alkyl carbamates (subject to hydrolysis) is 1. The average Bonchev–Trinajstić information content (AvgIpc) is 2.26.